The smallest absolute Gasteiger partial charge is 0.137 e. The Kier molecular flexibility index (Phi) is 5.59. The fourth-order valence-corrected chi connectivity index (χ4v) is 8.43. The fourth-order valence-electron chi connectivity index (χ4n) is 8.43. The predicted molar refractivity (Wildman–Crippen MR) is 121 cm³/mol. The number of aliphatic hydroxyl groups is 2. The summed E-state index contributed by atoms with van der Waals surface area (Å²) in [7, 11) is 0. The van der Waals surface area contributed by atoms with Gasteiger partial charge in [-0.05, 0) is 101 Å². The van der Waals surface area contributed by atoms with E-state index in [0.29, 0.717) is 30.0 Å². The van der Waals surface area contributed by atoms with Crippen molar-refractivity contribution in [3.8, 4) is 0 Å². The highest BCUT2D eigenvalue weighted by Crippen LogP contribution is 2.66. The van der Waals surface area contributed by atoms with Gasteiger partial charge in [0.2, 0.25) is 0 Å². The quantitative estimate of drug-likeness (QED) is 0.555. The topological polar surface area (TPSA) is 57.5 Å². The maximum atomic E-state index is 13.2. The van der Waals surface area contributed by atoms with Gasteiger partial charge in [0, 0.05) is 12.3 Å². The normalized spacial score (nSPS) is 43.3. The molecule has 0 aromatic rings. The maximum Gasteiger partial charge on any atom is 0.137 e. The van der Waals surface area contributed by atoms with Crippen LogP contribution in [0.25, 0.3) is 0 Å². The van der Waals surface area contributed by atoms with Crippen molar-refractivity contribution in [2.45, 2.75) is 116 Å². The number of hydrogen-bond acceptors (Lipinski definition) is 3. The van der Waals surface area contributed by atoms with Gasteiger partial charge in [-0.15, -0.1) is 0 Å². The molecule has 3 heteroatoms. The highest BCUT2D eigenvalue weighted by Gasteiger charge is 2.60. The van der Waals surface area contributed by atoms with E-state index in [4.69, 9.17) is 0 Å². The first-order valence-corrected chi connectivity index (χ1v) is 12.6. The highest BCUT2D eigenvalue weighted by atomic mass is 16.3. The molecule has 3 fully saturated rings. The van der Waals surface area contributed by atoms with Gasteiger partial charge in [0.15, 0.2) is 0 Å². The minimum absolute atomic E-state index is 0.0115. The van der Waals surface area contributed by atoms with E-state index in [9.17, 15) is 15.0 Å². The van der Waals surface area contributed by atoms with Crippen molar-refractivity contribution >= 4 is 5.78 Å². The molecule has 30 heavy (non-hydrogen) atoms. The van der Waals surface area contributed by atoms with Crippen molar-refractivity contribution in [2.24, 2.45) is 34.5 Å². The Balaban J connectivity index is 1.54. The maximum absolute atomic E-state index is 13.2. The lowest BCUT2D eigenvalue weighted by Crippen LogP contribution is -2.55. The fraction of sp³-hybridized carbons (Fsp3) is 0.889. The third-order valence-corrected chi connectivity index (χ3v) is 10.00. The van der Waals surface area contributed by atoms with E-state index in [-0.39, 0.29) is 16.7 Å². The van der Waals surface area contributed by atoms with Crippen LogP contribution in [-0.4, -0.2) is 27.2 Å². The van der Waals surface area contributed by atoms with Crippen LogP contribution in [0, 0.1) is 34.5 Å². The SMILES string of the molecule is CC(C)(O)CCCC(C)(O)C1CC=C2C3CC(=O)C4CCCCC4(C)C3CCC21C. The van der Waals surface area contributed by atoms with E-state index in [1.54, 1.807) is 0 Å². The van der Waals surface area contributed by atoms with E-state index < -0.39 is 11.2 Å². The molecule has 0 aromatic heterocycles. The summed E-state index contributed by atoms with van der Waals surface area (Å²) in [5.74, 6) is 2.06. The number of Topliss-reactive ketones (excluding diaryl/α,β-unsaturated/α-hetero) is 1. The summed E-state index contributed by atoms with van der Waals surface area (Å²) in [4.78, 5) is 13.2. The van der Waals surface area contributed by atoms with Gasteiger partial charge in [-0.2, -0.15) is 0 Å². The first-order valence-electron chi connectivity index (χ1n) is 12.6. The van der Waals surface area contributed by atoms with Crippen LogP contribution in [0.2, 0.25) is 0 Å². The van der Waals surface area contributed by atoms with E-state index in [0.717, 1.165) is 38.5 Å². The molecule has 4 aliphatic rings. The number of carbonyl (C=O) groups excluding carboxylic acids is 1. The van der Waals surface area contributed by atoms with Crippen molar-refractivity contribution in [3.63, 3.8) is 0 Å². The largest absolute Gasteiger partial charge is 0.390 e. The Morgan fingerprint density at radius 2 is 1.80 bits per heavy atom. The van der Waals surface area contributed by atoms with Gasteiger partial charge < -0.3 is 10.2 Å². The summed E-state index contributed by atoms with van der Waals surface area (Å²) in [5, 5.41) is 21.6. The predicted octanol–water partition coefficient (Wildman–Crippen LogP) is 5.83. The van der Waals surface area contributed by atoms with Gasteiger partial charge in [-0.1, -0.05) is 38.3 Å². The lowest BCUT2D eigenvalue weighted by molar-refractivity contribution is -0.144. The van der Waals surface area contributed by atoms with Gasteiger partial charge >= 0.3 is 0 Å². The summed E-state index contributed by atoms with van der Waals surface area (Å²) >= 11 is 0. The second-order valence-electron chi connectivity index (χ2n) is 12.6. The number of carbonyl (C=O) groups is 1. The van der Waals surface area contributed by atoms with Gasteiger partial charge in [0.1, 0.15) is 5.78 Å². The summed E-state index contributed by atoms with van der Waals surface area (Å²) in [6.07, 6.45) is 13.5. The minimum atomic E-state index is -0.735. The van der Waals surface area contributed by atoms with Crippen LogP contribution in [0.4, 0.5) is 0 Å². The van der Waals surface area contributed by atoms with Gasteiger partial charge in [0.25, 0.3) is 0 Å². The molecule has 0 radical (unpaired) electrons. The van der Waals surface area contributed by atoms with E-state index >= 15 is 0 Å². The molecule has 0 bridgehead atoms. The Morgan fingerprint density at radius 1 is 1.07 bits per heavy atom. The second kappa shape index (κ2) is 7.44. The number of fused-ring (bicyclic) bond motifs is 5. The third-order valence-electron chi connectivity index (χ3n) is 10.00. The molecule has 4 aliphatic carbocycles. The average Bonchev–Trinajstić information content (AvgIpc) is 2.99. The lowest BCUT2D eigenvalue weighted by Gasteiger charge is -2.59. The van der Waals surface area contributed by atoms with E-state index in [1.165, 1.54) is 31.3 Å². The van der Waals surface area contributed by atoms with Crippen molar-refractivity contribution in [3.05, 3.63) is 11.6 Å². The molecule has 3 nitrogen and oxygen atoms in total. The van der Waals surface area contributed by atoms with E-state index in [2.05, 4.69) is 19.9 Å². The molecule has 170 valence electrons. The molecule has 0 aliphatic heterocycles. The van der Waals surface area contributed by atoms with Gasteiger partial charge in [0.05, 0.1) is 11.2 Å². The minimum Gasteiger partial charge on any atom is -0.390 e. The van der Waals surface area contributed by atoms with Crippen LogP contribution in [0.5, 0.6) is 0 Å². The second-order valence-corrected chi connectivity index (χ2v) is 12.6. The Hall–Kier alpha value is -0.670. The molecular weight excluding hydrogens is 372 g/mol. The Labute approximate surface area is 183 Å². The molecule has 2 N–H and O–H groups in total. The van der Waals surface area contributed by atoms with Crippen LogP contribution in [-0.2, 0) is 4.79 Å². The summed E-state index contributed by atoms with van der Waals surface area (Å²) < 4.78 is 0. The standard InChI is InChI=1S/C27H44O3/c1-24(2,29)13-8-15-27(5,30)23-11-10-19-18-17-22(28)21-9-6-7-14-25(21,3)20(18)12-16-26(19,23)4/h10,18,20-21,23,29-30H,6-9,11-17H2,1-5H3. The van der Waals surface area contributed by atoms with Crippen molar-refractivity contribution in [1.82, 2.24) is 0 Å². The lowest BCUT2D eigenvalue weighted by atomic mass is 9.45. The zero-order valence-electron chi connectivity index (χ0n) is 20.0. The monoisotopic (exact) mass is 416 g/mol. The van der Waals surface area contributed by atoms with Gasteiger partial charge in [-0.3, -0.25) is 4.79 Å². The molecule has 0 aromatic carbocycles. The number of hydrogen-bond donors (Lipinski definition) is 2. The molecule has 3 saturated carbocycles. The van der Waals surface area contributed by atoms with Crippen LogP contribution < -0.4 is 0 Å². The first-order chi connectivity index (χ1) is 13.9. The highest BCUT2D eigenvalue weighted by molar-refractivity contribution is 5.84. The van der Waals surface area contributed by atoms with Crippen molar-refractivity contribution < 1.29 is 15.0 Å². The average molecular weight is 417 g/mol. The van der Waals surface area contributed by atoms with E-state index in [1.807, 2.05) is 20.8 Å². The molecule has 0 heterocycles. The molecule has 0 spiro atoms. The Morgan fingerprint density at radius 3 is 2.50 bits per heavy atom. The number of allylic oxidation sites excluding steroid dienone is 2. The summed E-state index contributed by atoms with van der Waals surface area (Å²) in [6.45, 7) is 10.5. The van der Waals surface area contributed by atoms with Crippen LogP contribution in [0.15, 0.2) is 11.6 Å². The van der Waals surface area contributed by atoms with Crippen LogP contribution in [0.3, 0.4) is 0 Å². The van der Waals surface area contributed by atoms with Crippen LogP contribution >= 0.6 is 0 Å². The molecule has 7 unspecified atom stereocenters. The van der Waals surface area contributed by atoms with Crippen molar-refractivity contribution in [2.75, 3.05) is 0 Å². The number of ketones is 1. The van der Waals surface area contributed by atoms with Crippen LogP contribution in [0.1, 0.15) is 105 Å². The molecule has 0 amide bonds. The number of rotatable bonds is 5. The van der Waals surface area contributed by atoms with Gasteiger partial charge in [-0.25, -0.2) is 0 Å². The third kappa shape index (κ3) is 3.62. The first kappa shape index (κ1) is 22.5. The summed E-state index contributed by atoms with van der Waals surface area (Å²) in [5.41, 5.74) is 0.294. The molecule has 7 atom stereocenters. The summed E-state index contributed by atoms with van der Waals surface area (Å²) in [6, 6.07) is 0. The molecular formula is C27H44O3. The molecule has 4 rings (SSSR count). The molecule has 0 saturated heterocycles. The zero-order chi connectivity index (χ0) is 21.9. The zero-order valence-corrected chi connectivity index (χ0v) is 20.0. The Bertz CT molecular complexity index is 714. The van der Waals surface area contributed by atoms with Crippen molar-refractivity contribution in [1.29, 1.82) is 0 Å².